The summed E-state index contributed by atoms with van der Waals surface area (Å²) in [6.45, 7) is 1.35. The van der Waals surface area contributed by atoms with Gasteiger partial charge in [-0.2, -0.15) is 0 Å². The molecular weight excluding hydrogens is 210 g/mol. The highest BCUT2D eigenvalue weighted by Crippen LogP contribution is 2.35. The third-order valence-corrected chi connectivity index (χ3v) is 2.15. The van der Waals surface area contributed by atoms with Crippen LogP contribution in [0, 0.1) is 0 Å². The summed E-state index contributed by atoms with van der Waals surface area (Å²) in [5.41, 5.74) is 0.620. The molecule has 0 unspecified atom stereocenters. The monoisotopic (exact) mass is 219 g/mol. The van der Waals surface area contributed by atoms with Crippen molar-refractivity contribution < 1.29 is 19.5 Å². The molecule has 16 heavy (non-hydrogen) atoms. The molecule has 0 bridgehead atoms. The van der Waals surface area contributed by atoms with Gasteiger partial charge < -0.3 is 14.7 Å². The smallest absolute Gasteiger partial charge is 0.202 e. The minimum atomic E-state index is -0.286. The summed E-state index contributed by atoms with van der Waals surface area (Å²) < 4.78 is 4.78. The van der Waals surface area contributed by atoms with Crippen molar-refractivity contribution in [3.05, 3.63) is 30.0 Å². The van der Waals surface area contributed by atoms with Crippen molar-refractivity contribution in [3.8, 4) is 22.8 Å². The minimum absolute atomic E-state index is 0.109. The van der Waals surface area contributed by atoms with Crippen LogP contribution in [0.25, 0.3) is 11.3 Å². The summed E-state index contributed by atoms with van der Waals surface area (Å²) in [6, 6.07) is 5.89. The molecule has 5 heteroatoms. The number of ketones is 1. The number of hydrogen-bond donors (Lipinski definition) is 2. The molecule has 1 heterocycles. The fourth-order valence-corrected chi connectivity index (χ4v) is 1.31. The zero-order valence-corrected chi connectivity index (χ0v) is 8.47. The van der Waals surface area contributed by atoms with Gasteiger partial charge in [0.1, 0.15) is 5.69 Å². The van der Waals surface area contributed by atoms with E-state index in [2.05, 4.69) is 5.16 Å². The molecule has 1 aromatic heterocycles. The first-order chi connectivity index (χ1) is 7.59. The number of rotatable bonds is 2. The van der Waals surface area contributed by atoms with Crippen LogP contribution in [0.2, 0.25) is 0 Å². The summed E-state index contributed by atoms with van der Waals surface area (Å²) >= 11 is 0. The number of carbonyl (C=O) groups excluding carboxylic acids is 1. The molecule has 0 aliphatic carbocycles. The zero-order chi connectivity index (χ0) is 11.7. The van der Waals surface area contributed by atoms with E-state index in [4.69, 9.17) is 4.52 Å². The second kappa shape index (κ2) is 3.69. The van der Waals surface area contributed by atoms with Crippen LogP contribution >= 0.6 is 0 Å². The molecule has 2 rings (SSSR count). The highest BCUT2D eigenvalue weighted by atomic mass is 16.5. The summed E-state index contributed by atoms with van der Waals surface area (Å²) in [6.07, 6.45) is 0. The van der Waals surface area contributed by atoms with E-state index in [1.807, 2.05) is 0 Å². The van der Waals surface area contributed by atoms with Gasteiger partial charge in [0.2, 0.25) is 5.76 Å². The van der Waals surface area contributed by atoms with Gasteiger partial charge in [-0.1, -0.05) is 11.2 Å². The standard InChI is InChI=1S/C11H9NO4/c1-6(13)10-5-8(12-16-10)7-3-2-4-9(14)11(7)15/h2-5,14-15H,1H3. The Bertz CT molecular complexity index is 545. The number of Topliss-reactive ketones (excluding diaryl/α,β-unsaturated/α-hetero) is 1. The molecule has 0 fully saturated rings. The highest BCUT2D eigenvalue weighted by molar-refractivity contribution is 5.92. The fourth-order valence-electron chi connectivity index (χ4n) is 1.31. The number of phenols is 2. The number of aromatic hydroxyl groups is 2. The van der Waals surface area contributed by atoms with Crippen molar-refractivity contribution in [2.24, 2.45) is 0 Å². The largest absolute Gasteiger partial charge is 0.504 e. The van der Waals surface area contributed by atoms with Gasteiger partial charge in [-0.15, -0.1) is 0 Å². The molecule has 2 N–H and O–H groups in total. The maximum Gasteiger partial charge on any atom is 0.202 e. The molecular formula is C11H9NO4. The lowest BCUT2D eigenvalue weighted by Gasteiger charge is -2.01. The van der Waals surface area contributed by atoms with E-state index >= 15 is 0 Å². The molecule has 0 saturated carbocycles. The van der Waals surface area contributed by atoms with Crippen molar-refractivity contribution in [1.29, 1.82) is 0 Å². The van der Waals surface area contributed by atoms with E-state index < -0.39 is 0 Å². The maximum absolute atomic E-state index is 11.0. The van der Waals surface area contributed by atoms with Gasteiger partial charge in [0.15, 0.2) is 17.3 Å². The van der Waals surface area contributed by atoms with Gasteiger partial charge in [-0.25, -0.2) is 0 Å². The molecule has 0 aliphatic rings. The third-order valence-electron chi connectivity index (χ3n) is 2.15. The van der Waals surface area contributed by atoms with Crippen molar-refractivity contribution in [1.82, 2.24) is 5.16 Å². The molecule has 0 atom stereocenters. The number of benzene rings is 1. The van der Waals surface area contributed by atoms with E-state index in [1.54, 1.807) is 12.1 Å². The topological polar surface area (TPSA) is 83.6 Å². The van der Waals surface area contributed by atoms with Crippen molar-refractivity contribution in [3.63, 3.8) is 0 Å². The van der Waals surface area contributed by atoms with E-state index in [0.717, 1.165) is 0 Å². The van der Waals surface area contributed by atoms with Gasteiger partial charge in [0.25, 0.3) is 0 Å². The number of para-hydroxylation sites is 1. The lowest BCUT2D eigenvalue weighted by molar-refractivity contribution is 0.0978. The van der Waals surface area contributed by atoms with Crippen molar-refractivity contribution in [2.75, 3.05) is 0 Å². The average molecular weight is 219 g/mol. The van der Waals surface area contributed by atoms with E-state index in [-0.39, 0.29) is 23.0 Å². The Morgan fingerprint density at radius 1 is 1.38 bits per heavy atom. The van der Waals surface area contributed by atoms with Crippen LogP contribution in [0.15, 0.2) is 28.8 Å². The molecule has 1 aromatic carbocycles. The second-order valence-electron chi connectivity index (χ2n) is 3.31. The number of hydrogen-bond acceptors (Lipinski definition) is 5. The van der Waals surface area contributed by atoms with Crippen LogP contribution in [0.1, 0.15) is 17.5 Å². The first kappa shape index (κ1) is 10.2. The van der Waals surface area contributed by atoms with Crippen LogP contribution in [-0.4, -0.2) is 21.2 Å². The fraction of sp³-hybridized carbons (Fsp3) is 0.0909. The normalized spacial score (nSPS) is 10.3. The molecule has 0 saturated heterocycles. The zero-order valence-electron chi connectivity index (χ0n) is 8.47. The lowest BCUT2D eigenvalue weighted by atomic mass is 10.1. The maximum atomic E-state index is 11.0. The quantitative estimate of drug-likeness (QED) is 0.595. The Hall–Kier alpha value is -2.30. The van der Waals surface area contributed by atoms with Gasteiger partial charge in [0, 0.05) is 18.6 Å². The van der Waals surface area contributed by atoms with Gasteiger partial charge in [-0.05, 0) is 12.1 Å². The molecule has 82 valence electrons. The second-order valence-corrected chi connectivity index (χ2v) is 3.31. The Morgan fingerprint density at radius 3 is 2.75 bits per heavy atom. The minimum Gasteiger partial charge on any atom is -0.504 e. The molecule has 0 radical (unpaired) electrons. The predicted octanol–water partition coefficient (Wildman–Crippen LogP) is 1.96. The van der Waals surface area contributed by atoms with Crippen LogP contribution in [-0.2, 0) is 0 Å². The van der Waals surface area contributed by atoms with Gasteiger partial charge >= 0.3 is 0 Å². The number of carbonyl (C=O) groups is 1. The highest BCUT2D eigenvalue weighted by Gasteiger charge is 2.14. The molecule has 5 nitrogen and oxygen atoms in total. The Morgan fingerprint density at radius 2 is 2.12 bits per heavy atom. The van der Waals surface area contributed by atoms with Crippen LogP contribution < -0.4 is 0 Å². The number of nitrogens with zero attached hydrogens (tertiary/aromatic N) is 1. The molecule has 0 amide bonds. The summed E-state index contributed by atoms with van der Waals surface area (Å²) in [4.78, 5) is 11.0. The Kier molecular flexibility index (Phi) is 2.36. The number of aromatic nitrogens is 1. The molecule has 0 aliphatic heterocycles. The molecule has 0 spiro atoms. The van der Waals surface area contributed by atoms with Crippen LogP contribution in [0.4, 0.5) is 0 Å². The summed E-state index contributed by atoms with van der Waals surface area (Å²) in [5, 5.41) is 22.5. The SMILES string of the molecule is CC(=O)c1cc(-c2cccc(O)c2O)no1. The first-order valence-corrected chi connectivity index (χ1v) is 4.58. The summed E-state index contributed by atoms with van der Waals surface area (Å²) in [7, 11) is 0. The lowest BCUT2D eigenvalue weighted by Crippen LogP contribution is -1.86. The first-order valence-electron chi connectivity index (χ1n) is 4.58. The molecule has 2 aromatic rings. The third kappa shape index (κ3) is 1.63. The van der Waals surface area contributed by atoms with Crippen LogP contribution in [0.3, 0.4) is 0 Å². The van der Waals surface area contributed by atoms with E-state index in [1.165, 1.54) is 19.1 Å². The Labute approximate surface area is 90.9 Å². The average Bonchev–Trinajstić information content (AvgIpc) is 2.71. The number of phenolic OH excluding ortho intramolecular Hbond substituents is 2. The van der Waals surface area contributed by atoms with Gasteiger partial charge in [0.05, 0.1) is 0 Å². The summed E-state index contributed by atoms with van der Waals surface area (Å²) in [5.74, 6) is -0.674. The van der Waals surface area contributed by atoms with Crippen LogP contribution in [0.5, 0.6) is 11.5 Å². The predicted molar refractivity (Wildman–Crippen MR) is 55.3 cm³/mol. The van der Waals surface area contributed by atoms with E-state index in [9.17, 15) is 15.0 Å². The van der Waals surface area contributed by atoms with Crippen molar-refractivity contribution >= 4 is 5.78 Å². The van der Waals surface area contributed by atoms with Crippen molar-refractivity contribution in [2.45, 2.75) is 6.92 Å². The van der Waals surface area contributed by atoms with E-state index in [0.29, 0.717) is 11.3 Å². The Balaban J connectivity index is 2.50. The van der Waals surface area contributed by atoms with Gasteiger partial charge in [-0.3, -0.25) is 4.79 Å².